The second kappa shape index (κ2) is 4.95. The molecule has 0 aliphatic carbocycles. The smallest absolute Gasteiger partial charge is 0.152 e. The molecule has 0 radical (unpaired) electrons. The minimum Gasteiger partial charge on any atom is -0.388 e. The molecule has 3 N–H and O–H groups in total. The number of benzene rings is 1. The van der Waals surface area contributed by atoms with Crippen molar-refractivity contribution in [2.24, 2.45) is 5.92 Å². The summed E-state index contributed by atoms with van der Waals surface area (Å²) in [4.78, 5) is 8.99. The van der Waals surface area contributed by atoms with Gasteiger partial charge < -0.3 is 15.4 Å². The molecule has 0 bridgehead atoms. The van der Waals surface area contributed by atoms with Crippen molar-refractivity contribution >= 4 is 27.8 Å². The maximum atomic E-state index is 9.78. The number of imidazole rings is 1. The topological polar surface area (TPSA) is 77.0 Å². The summed E-state index contributed by atoms with van der Waals surface area (Å²) < 4.78 is 2.12. The molecule has 0 saturated heterocycles. The largest absolute Gasteiger partial charge is 0.388 e. The van der Waals surface area contributed by atoms with Crippen molar-refractivity contribution in [3.63, 3.8) is 0 Å². The Morgan fingerprint density at radius 1 is 1.23 bits per heavy atom. The van der Waals surface area contributed by atoms with E-state index in [1.165, 1.54) is 0 Å². The lowest BCUT2D eigenvalue weighted by molar-refractivity contribution is 0.214. The first-order valence-corrected chi connectivity index (χ1v) is 7.54. The van der Waals surface area contributed by atoms with Crippen LogP contribution in [0.15, 0.2) is 24.3 Å². The Balaban J connectivity index is 2.54. The van der Waals surface area contributed by atoms with Crippen molar-refractivity contribution in [1.29, 1.82) is 0 Å². The molecule has 0 fully saturated rings. The Morgan fingerprint density at radius 2 is 1.91 bits per heavy atom. The lowest BCUT2D eigenvalue weighted by Gasteiger charge is -2.33. The fourth-order valence-corrected chi connectivity index (χ4v) is 2.83. The van der Waals surface area contributed by atoms with E-state index in [1.807, 2.05) is 24.3 Å². The van der Waals surface area contributed by atoms with E-state index < -0.39 is 0 Å². The summed E-state index contributed by atoms with van der Waals surface area (Å²) in [6.07, 6.45) is 0. The number of hydrogen-bond acceptors (Lipinski definition) is 4. The highest BCUT2D eigenvalue weighted by Gasteiger charge is 2.30. The van der Waals surface area contributed by atoms with E-state index in [9.17, 15) is 5.11 Å². The van der Waals surface area contributed by atoms with Crippen LogP contribution in [0.2, 0.25) is 0 Å². The number of nitrogen functional groups attached to an aromatic ring is 1. The first-order valence-electron chi connectivity index (χ1n) is 7.54. The molecular weight excluding hydrogens is 276 g/mol. The zero-order valence-corrected chi connectivity index (χ0v) is 13.5. The average molecular weight is 298 g/mol. The number of hydrogen-bond donors (Lipinski definition) is 2. The summed E-state index contributed by atoms with van der Waals surface area (Å²) in [6, 6.07) is 7.91. The van der Waals surface area contributed by atoms with E-state index in [1.54, 1.807) is 0 Å². The Kier molecular flexibility index (Phi) is 3.33. The second-order valence-electron chi connectivity index (χ2n) is 6.54. The van der Waals surface area contributed by atoms with Crippen molar-refractivity contribution in [1.82, 2.24) is 14.5 Å². The molecular formula is C17H22N4O. The summed E-state index contributed by atoms with van der Waals surface area (Å²) in [6.45, 7) is 8.52. The number of rotatable bonds is 3. The fraction of sp³-hybridized carbons (Fsp3) is 0.412. The van der Waals surface area contributed by atoms with Crippen molar-refractivity contribution in [3.05, 3.63) is 30.1 Å². The van der Waals surface area contributed by atoms with Gasteiger partial charge in [0.1, 0.15) is 17.9 Å². The van der Waals surface area contributed by atoms with Crippen LogP contribution in [-0.4, -0.2) is 19.6 Å². The van der Waals surface area contributed by atoms with Crippen LogP contribution >= 0.6 is 0 Å². The average Bonchev–Trinajstić information content (AvgIpc) is 2.88. The van der Waals surface area contributed by atoms with Gasteiger partial charge in [-0.3, -0.25) is 0 Å². The van der Waals surface area contributed by atoms with Crippen LogP contribution in [0.1, 0.15) is 33.5 Å². The standard InChI is InChI=1S/C17H22N4O/c1-10(2)17(3,4)21-13(9-22)20-14-15(21)11-7-5-6-8-12(11)19-16(14)18/h5-8,10,22H,9H2,1-4H3,(H2,18,19). The molecule has 0 unspecified atom stereocenters. The Labute approximate surface area is 129 Å². The van der Waals surface area contributed by atoms with Gasteiger partial charge in [0.15, 0.2) is 5.82 Å². The molecule has 5 nitrogen and oxygen atoms in total. The molecule has 0 amide bonds. The van der Waals surface area contributed by atoms with Crippen LogP contribution in [0.25, 0.3) is 21.9 Å². The second-order valence-corrected chi connectivity index (χ2v) is 6.54. The Bertz CT molecular complexity index is 849. The van der Waals surface area contributed by atoms with Crippen LogP contribution in [0.5, 0.6) is 0 Å². The van der Waals surface area contributed by atoms with Gasteiger partial charge in [-0.05, 0) is 25.8 Å². The number of nitrogens with two attached hydrogens (primary N) is 1. The molecule has 2 aromatic heterocycles. The monoisotopic (exact) mass is 298 g/mol. The predicted molar refractivity (Wildman–Crippen MR) is 89.5 cm³/mol. The van der Waals surface area contributed by atoms with Gasteiger partial charge in [-0.15, -0.1) is 0 Å². The molecule has 3 aromatic rings. The van der Waals surface area contributed by atoms with E-state index in [4.69, 9.17) is 5.73 Å². The molecule has 1 aromatic carbocycles. The quantitative estimate of drug-likeness (QED) is 0.779. The van der Waals surface area contributed by atoms with Crippen LogP contribution in [0.3, 0.4) is 0 Å². The zero-order chi connectivity index (χ0) is 16.1. The molecule has 0 atom stereocenters. The van der Waals surface area contributed by atoms with Crippen molar-refractivity contribution in [2.45, 2.75) is 39.8 Å². The number of nitrogens with zero attached hydrogens (tertiary/aromatic N) is 3. The molecule has 0 aliphatic rings. The summed E-state index contributed by atoms with van der Waals surface area (Å²) in [7, 11) is 0. The number of aliphatic hydroxyl groups excluding tert-OH is 1. The third-order valence-corrected chi connectivity index (χ3v) is 4.72. The van der Waals surface area contributed by atoms with Crippen molar-refractivity contribution in [3.8, 4) is 0 Å². The summed E-state index contributed by atoms with van der Waals surface area (Å²) >= 11 is 0. The van der Waals surface area contributed by atoms with E-state index in [-0.39, 0.29) is 12.1 Å². The molecule has 0 aliphatic heterocycles. The molecule has 3 rings (SSSR count). The number of aromatic nitrogens is 3. The highest BCUT2D eigenvalue weighted by molar-refractivity contribution is 6.06. The number of para-hydroxylation sites is 1. The zero-order valence-electron chi connectivity index (χ0n) is 13.5. The van der Waals surface area contributed by atoms with Crippen LogP contribution in [-0.2, 0) is 12.1 Å². The van der Waals surface area contributed by atoms with Gasteiger partial charge in [0.05, 0.1) is 11.0 Å². The van der Waals surface area contributed by atoms with Crippen LogP contribution in [0, 0.1) is 5.92 Å². The maximum Gasteiger partial charge on any atom is 0.152 e. The summed E-state index contributed by atoms with van der Waals surface area (Å²) in [5.74, 6) is 1.39. The SMILES string of the molecule is CC(C)C(C)(C)n1c(CO)nc2c(N)nc3ccccc3c21. The predicted octanol–water partition coefficient (Wildman–Crippen LogP) is 3.05. The third kappa shape index (κ3) is 1.96. The molecule has 116 valence electrons. The summed E-state index contributed by atoms with van der Waals surface area (Å²) in [5.41, 5.74) is 8.36. The minimum absolute atomic E-state index is 0.126. The first-order chi connectivity index (χ1) is 10.4. The lowest BCUT2D eigenvalue weighted by Crippen LogP contribution is -2.33. The van der Waals surface area contributed by atoms with Crippen LogP contribution in [0.4, 0.5) is 5.82 Å². The summed E-state index contributed by atoms with van der Waals surface area (Å²) in [5, 5.41) is 10.8. The minimum atomic E-state index is -0.205. The van der Waals surface area contributed by atoms with E-state index >= 15 is 0 Å². The van der Waals surface area contributed by atoms with E-state index in [0.29, 0.717) is 23.1 Å². The molecule has 0 spiro atoms. The molecule has 22 heavy (non-hydrogen) atoms. The van der Waals surface area contributed by atoms with E-state index in [0.717, 1.165) is 16.4 Å². The van der Waals surface area contributed by atoms with Gasteiger partial charge in [-0.25, -0.2) is 9.97 Å². The maximum absolute atomic E-state index is 9.78. The molecule has 2 heterocycles. The number of anilines is 1. The van der Waals surface area contributed by atoms with Gasteiger partial charge in [0.2, 0.25) is 0 Å². The Morgan fingerprint density at radius 3 is 2.55 bits per heavy atom. The van der Waals surface area contributed by atoms with Crippen LogP contribution < -0.4 is 5.73 Å². The van der Waals surface area contributed by atoms with Gasteiger partial charge in [-0.1, -0.05) is 32.0 Å². The third-order valence-electron chi connectivity index (χ3n) is 4.72. The molecule has 0 saturated carbocycles. The number of aliphatic hydroxyl groups is 1. The van der Waals surface area contributed by atoms with Crippen molar-refractivity contribution in [2.75, 3.05) is 5.73 Å². The first kappa shape index (κ1) is 14.8. The highest BCUT2D eigenvalue weighted by atomic mass is 16.3. The van der Waals surface area contributed by atoms with E-state index in [2.05, 4.69) is 42.2 Å². The normalized spacial score (nSPS) is 12.6. The van der Waals surface area contributed by atoms with Gasteiger partial charge in [-0.2, -0.15) is 0 Å². The fourth-order valence-electron chi connectivity index (χ4n) is 2.83. The van der Waals surface area contributed by atoms with Gasteiger partial charge in [0, 0.05) is 10.9 Å². The number of fused-ring (bicyclic) bond motifs is 3. The molecule has 5 heteroatoms. The van der Waals surface area contributed by atoms with Gasteiger partial charge in [0.25, 0.3) is 0 Å². The highest BCUT2D eigenvalue weighted by Crippen LogP contribution is 2.36. The van der Waals surface area contributed by atoms with Gasteiger partial charge >= 0.3 is 0 Å². The lowest BCUT2D eigenvalue weighted by atomic mass is 9.89. The Hall–Kier alpha value is -2.14. The van der Waals surface area contributed by atoms with Crippen molar-refractivity contribution < 1.29 is 5.11 Å². The number of pyridine rings is 1.